The van der Waals surface area contributed by atoms with E-state index in [9.17, 15) is 14.7 Å². The average Bonchev–Trinajstić information content (AvgIpc) is 2.87. The highest BCUT2D eigenvalue weighted by Gasteiger charge is 2.42. The zero-order chi connectivity index (χ0) is 15.6. The van der Waals surface area contributed by atoms with E-state index >= 15 is 0 Å². The van der Waals surface area contributed by atoms with Crippen LogP contribution in [0.2, 0.25) is 5.02 Å². The molecular weight excluding hydrogens is 290 g/mol. The first-order valence-electron chi connectivity index (χ1n) is 7.22. The monoisotopic (exact) mass is 309 g/mol. The van der Waals surface area contributed by atoms with E-state index in [-0.39, 0.29) is 5.91 Å². The Bertz CT molecular complexity index is 558. The Hall–Kier alpha value is -1.55. The summed E-state index contributed by atoms with van der Waals surface area (Å²) < 4.78 is 0. The molecule has 0 heterocycles. The number of anilines is 1. The van der Waals surface area contributed by atoms with E-state index in [0.717, 1.165) is 12.0 Å². The van der Waals surface area contributed by atoms with Gasteiger partial charge in [-0.05, 0) is 43.4 Å². The second kappa shape index (κ2) is 6.48. The lowest BCUT2D eigenvalue weighted by atomic mass is 9.95. The van der Waals surface area contributed by atoms with Gasteiger partial charge in [0.1, 0.15) is 0 Å². The van der Waals surface area contributed by atoms with Gasteiger partial charge in [0.15, 0.2) is 0 Å². The van der Waals surface area contributed by atoms with Gasteiger partial charge in [-0.2, -0.15) is 0 Å². The maximum Gasteiger partial charge on any atom is 0.307 e. The van der Waals surface area contributed by atoms with Gasteiger partial charge in [-0.15, -0.1) is 0 Å². The van der Waals surface area contributed by atoms with Crippen molar-refractivity contribution in [1.29, 1.82) is 0 Å². The molecule has 0 saturated heterocycles. The molecule has 1 aliphatic rings. The summed E-state index contributed by atoms with van der Waals surface area (Å²) in [5, 5.41) is 12.6. The number of nitrogens with one attached hydrogen (secondary N) is 1. The Labute approximate surface area is 129 Å². The summed E-state index contributed by atoms with van der Waals surface area (Å²) in [6, 6.07) is 5.38. The molecule has 21 heavy (non-hydrogen) atoms. The van der Waals surface area contributed by atoms with Crippen LogP contribution in [0.1, 0.15) is 31.7 Å². The van der Waals surface area contributed by atoms with E-state index < -0.39 is 17.8 Å². The Balaban J connectivity index is 2.15. The molecule has 1 amide bonds. The third-order valence-electron chi connectivity index (χ3n) is 4.27. The molecular formula is C16H20ClNO3. The molecule has 2 N–H and O–H groups in total. The lowest BCUT2D eigenvalue weighted by Crippen LogP contribution is -2.30. The normalized spacial score (nSPS) is 24.8. The smallest absolute Gasteiger partial charge is 0.307 e. The highest BCUT2D eigenvalue weighted by molar-refractivity contribution is 6.33. The Morgan fingerprint density at radius 2 is 2.00 bits per heavy atom. The fourth-order valence-corrected chi connectivity index (χ4v) is 3.16. The van der Waals surface area contributed by atoms with Crippen molar-refractivity contribution in [2.75, 3.05) is 5.32 Å². The second-order valence-electron chi connectivity index (χ2n) is 5.77. The number of carboxylic acid groups (broad SMARTS) is 1. The molecule has 0 aliphatic heterocycles. The zero-order valence-corrected chi connectivity index (χ0v) is 13.0. The number of halogens is 1. The SMILES string of the molecule is CCC1C[C@H](C(=O)Nc2cc(C)ccc2Cl)[C@H](C(=O)O)C1. The fourth-order valence-electron chi connectivity index (χ4n) is 3.00. The van der Waals surface area contributed by atoms with Crippen LogP contribution in [0, 0.1) is 24.7 Å². The van der Waals surface area contributed by atoms with Gasteiger partial charge in [0, 0.05) is 0 Å². The molecule has 1 saturated carbocycles. The van der Waals surface area contributed by atoms with Gasteiger partial charge in [-0.25, -0.2) is 0 Å². The van der Waals surface area contributed by atoms with Gasteiger partial charge < -0.3 is 10.4 Å². The molecule has 0 aromatic heterocycles. The third-order valence-corrected chi connectivity index (χ3v) is 4.60. The van der Waals surface area contributed by atoms with Crippen LogP contribution in [0.25, 0.3) is 0 Å². The van der Waals surface area contributed by atoms with Gasteiger partial charge in [-0.1, -0.05) is 31.0 Å². The van der Waals surface area contributed by atoms with Crippen molar-refractivity contribution in [2.45, 2.75) is 33.1 Å². The largest absolute Gasteiger partial charge is 0.481 e. The number of hydrogen-bond acceptors (Lipinski definition) is 2. The molecule has 1 unspecified atom stereocenters. The van der Waals surface area contributed by atoms with E-state index in [2.05, 4.69) is 5.32 Å². The molecule has 0 bridgehead atoms. The lowest BCUT2D eigenvalue weighted by molar-refractivity contribution is -0.145. The standard InChI is InChI=1S/C16H20ClNO3/c1-3-10-7-11(12(8-10)16(20)21)15(19)18-14-6-9(2)4-5-13(14)17/h4-6,10-12H,3,7-8H2,1-2H3,(H,18,19)(H,20,21)/t10?,11-,12+/m0/s1. The van der Waals surface area contributed by atoms with E-state index in [1.165, 1.54) is 0 Å². The van der Waals surface area contributed by atoms with Crippen LogP contribution in [0.5, 0.6) is 0 Å². The van der Waals surface area contributed by atoms with Crippen LogP contribution in [0.15, 0.2) is 18.2 Å². The quantitative estimate of drug-likeness (QED) is 0.890. The van der Waals surface area contributed by atoms with Gasteiger partial charge >= 0.3 is 5.97 Å². The number of amides is 1. The summed E-state index contributed by atoms with van der Waals surface area (Å²) in [6.45, 7) is 3.94. The molecule has 1 aromatic carbocycles. The predicted octanol–water partition coefficient (Wildman–Crippen LogP) is 3.72. The molecule has 1 fully saturated rings. The number of aryl methyl sites for hydroxylation is 1. The molecule has 1 aliphatic carbocycles. The van der Waals surface area contributed by atoms with Crippen LogP contribution in [-0.4, -0.2) is 17.0 Å². The Morgan fingerprint density at radius 1 is 1.33 bits per heavy atom. The molecule has 4 nitrogen and oxygen atoms in total. The van der Waals surface area contributed by atoms with Crippen molar-refractivity contribution in [1.82, 2.24) is 0 Å². The number of carbonyl (C=O) groups is 2. The van der Waals surface area contributed by atoms with Crippen molar-refractivity contribution >= 4 is 29.2 Å². The number of carboxylic acids is 1. The minimum atomic E-state index is -0.888. The third kappa shape index (κ3) is 3.56. The molecule has 1 aromatic rings. The van der Waals surface area contributed by atoms with Crippen molar-refractivity contribution in [3.8, 4) is 0 Å². The number of aliphatic carboxylic acids is 1. The van der Waals surface area contributed by atoms with Crippen LogP contribution in [0.3, 0.4) is 0 Å². The summed E-state index contributed by atoms with van der Waals surface area (Å²) in [5.74, 6) is -1.91. The minimum Gasteiger partial charge on any atom is -0.481 e. The van der Waals surface area contributed by atoms with Gasteiger partial charge in [0.25, 0.3) is 0 Å². The first-order chi connectivity index (χ1) is 9.92. The molecule has 3 atom stereocenters. The maximum absolute atomic E-state index is 12.4. The predicted molar refractivity (Wildman–Crippen MR) is 82.4 cm³/mol. The fraction of sp³-hybridized carbons (Fsp3) is 0.500. The molecule has 2 rings (SSSR count). The average molecular weight is 310 g/mol. The lowest BCUT2D eigenvalue weighted by Gasteiger charge is -2.16. The zero-order valence-electron chi connectivity index (χ0n) is 12.2. The molecule has 114 valence electrons. The van der Waals surface area contributed by atoms with Crippen LogP contribution >= 0.6 is 11.6 Å². The first kappa shape index (κ1) is 15.8. The van der Waals surface area contributed by atoms with Crippen LogP contribution in [-0.2, 0) is 9.59 Å². The summed E-state index contributed by atoms with van der Waals surface area (Å²) in [5.41, 5.74) is 1.54. The van der Waals surface area contributed by atoms with Gasteiger partial charge in [-0.3, -0.25) is 9.59 Å². The van der Waals surface area contributed by atoms with Crippen molar-refractivity contribution in [2.24, 2.45) is 17.8 Å². The van der Waals surface area contributed by atoms with Crippen molar-refractivity contribution < 1.29 is 14.7 Å². The summed E-state index contributed by atoms with van der Waals surface area (Å²) >= 11 is 6.07. The summed E-state index contributed by atoms with van der Waals surface area (Å²) in [6.07, 6.45) is 2.10. The van der Waals surface area contributed by atoms with E-state index in [1.54, 1.807) is 12.1 Å². The van der Waals surface area contributed by atoms with E-state index in [1.807, 2.05) is 19.9 Å². The number of carbonyl (C=O) groups excluding carboxylic acids is 1. The minimum absolute atomic E-state index is 0.245. The van der Waals surface area contributed by atoms with Crippen molar-refractivity contribution in [3.05, 3.63) is 28.8 Å². The van der Waals surface area contributed by atoms with Crippen LogP contribution in [0.4, 0.5) is 5.69 Å². The number of benzene rings is 1. The van der Waals surface area contributed by atoms with Crippen LogP contribution < -0.4 is 5.32 Å². The Kier molecular flexibility index (Phi) is 4.88. The van der Waals surface area contributed by atoms with E-state index in [0.29, 0.717) is 29.5 Å². The number of hydrogen-bond donors (Lipinski definition) is 2. The number of rotatable bonds is 4. The maximum atomic E-state index is 12.4. The summed E-state index contributed by atoms with van der Waals surface area (Å²) in [7, 11) is 0. The van der Waals surface area contributed by atoms with Gasteiger partial charge in [0.2, 0.25) is 5.91 Å². The highest BCUT2D eigenvalue weighted by Crippen LogP contribution is 2.39. The molecule has 0 spiro atoms. The Morgan fingerprint density at radius 3 is 2.62 bits per heavy atom. The van der Waals surface area contributed by atoms with Crippen molar-refractivity contribution in [3.63, 3.8) is 0 Å². The van der Waals surface area contributed by atoms with E-state index in [4.69, 9.17) is 11.6 Å². The second-order valence-corrected chi connectivity index (χ2v) is 6.18. The summed E-state index contributed by atoms with van der Waals surface area (Å²) in [4.78, 5) is 23.8. The molecule has 5 heteroatoms. The first-order valence-corrected chi connectivity index (χ1v) is 7.60. The topological polar surface area (TPSA) is 66.4 Å². The highest BCUT2D eigenvalue weighted by atomic mass is 35.5. The van der Waals surface area contributed by atoms with Gasteiger partial charge in [0.05, 0.1) is 22.5 Å². The molecule has 0 radical (unpaired) electrons.